The number of hydrogen-bond acceptors (Lipinski definition) is 4. The van der Waals surface area contributed by atoms with E-state index in [1.54, 1.807) is 14.2 Å². The van der Waals surface area contributed by atoms with Crippen LogP contribution in [0.5, 0.6) is 11.5 Å². The van der Waals surface area contributed by atoms with Gasteiger partial charge in [0, 0.05) is 32.2 Å². The highest BCUT2D eigenvalue weighted by atomic mass is 35.5. The van der Waals surface area contributed by atoms with Crippen molar-refractivity contribution in [1.82, 2.24) is 5.32 Å². The lowest BCUT2D eigenvalue weighted by Crippen LogP contribution is -2.43. The Hall–Kier alpha value is -0.840. The van der Waals surface area contributed by atoms with Gasteiger partial charge in [0.15, 0.2) is 0 Å². The number of anilines is 1. The summed E-state index contributed by atoms with van der Waals surface area (Å²) in [5.41, 5.74) is 1.03. The molecule has 0 spiro atoms. The molecule has 102 valence electrons. The molecule has 1 N–H and O–H groups in total. The first-order valence-electron chi connectivity index (χ1n) is 5.63. The van der Waals surface area contributed by atoms with Crippen LogP contribution in [-0.2, 0) is 0 Å². The molecule has 1 aliphatic rings. The summed E-state index contributed by atoms with van der Waals surface area (Å²) in [7, 11) is 3.26. The smallest absolute Gasteiger partial charge is 0.145 e. The number of halogens is 2. The summed E-state index contributed by atoms with van der Waals surface area (Å²) >= 11 is 6.15. The second-order valence-corrected chi connectivity index (χ2v) is 4.30. The summed E-state index contributed by atoms with van der Waals surface area (Å²) in [5, 5.41) is 3.93. The van der Waals surface area contributed by atoms with E-state index < -0.39 is 0 Å². The number of nitrogens with zero attached hydrogens (tertiary/aromatic N) is 1. The number of nitrogens with one attached hydrogen (secondary N) is 1. The molecular weight excluding hydrogens is 275 g/mol. The Bertz CT molecular complexity index is 396. The van der Waals surface area contributed by atoms with Gasteiger partial charge in [0.2, 0.25) is 0 Å². The van der Waals surface area contributed by atoms with Crippen molar-refractivity contribution in [3.8, 4) is 11.5 Å². The van der Waals surface area contributed by atoms with Gasteiger partial charge in [-0.2, -0.15) is 0 Å². The molecule has 0 saturated carbocycles. The predicted octanol–water partition coefficient (Wildman–Crippen LogP) is 2.19. The van der Waals surface area contributed by atoms with Crippen LogP contribution >= 0.6 is 24.0 Å². The first-order chi connectivity index (χ1) is 8.26. The van der Waals surface area contributed by atoms with Crippen molar-refractivity contribution in [2.75, 3.05) is 45.3 Å². The van der Waals surface area contributed by atoms with E-state index >= 15 is 0 Å². The maximum absolute atomic E-state index is 6.15. The number of ether oxygens (including phenoxy) is 2. The lowest BCUT2D eigenvalue weighted by Gasteiger charge is -2.30. The Balaban J connectivity index is 0.00000162. The Morgan fingerprint density at radius 1 is 1.11 bits per heavy atom. The van der Waals surface area contributed by atoms with Gasteiger partial charge < -0.3 is 19.7 Å². The third kappa shape index (κ3) is 3.13. The molecule has 1 fully saturated rings. The van der Waals surface area contributed by atoms with Crippen LogP contribution < -0.4 is 19.7 Å². The maximum Gasteiger partial charge on any atom is 0.145 e. The van der Waals surface area contributed by atoms with Crippen LogP contribution in [0.4, 0.5) is 5.69 Å². The van der Waals surface area contributed by atoms with Crippen molar-refractivity contribution in [1.29, 1.82) is 0 Å². The maximum atomic E-state index is 6.15. The van der Waals surface area contributed by atoms with Gasteiger partial charge in [-0.1, -0.05) is 11.6 Å². The average molecular weight is 293 g/mol. The van der Waals surface area contributed by atoms with Gasteiger partial charge in [0.05, 0.1) is 24.9 Å². The van der Waals surface area contributed by atoms with Gasteiger partial charge in [-0.25, -0.2) is 0 Å². The minimum absolute atomic E-state index is 0. The molecular formula is C12H18Cl2N2O2. The lowest BCUT2D eigenvalue weighted by molar-refractivity contribution is 0.393. The standard InChI is InChI=1S/C12H17ClN2O2.ClH/c1-16-11-8-12(17-2)10(7-9(11)13)15-5-3-14-4-6-15;/h7-8,14H,3-6H2,1-2H3;1H. The normalized spacial score (nSPS) is 14.9. The highest BCUT2D eigenvalue weighted by Gasteiger charge is 2.17. The average Bonchev–Trinajstić information content (AvgIpc) is 2.39. The first kappa shape index (κ1) is 15.2. The van der Waals surface area contributed by atoms with Gasteiger partial charge in [0.25, 0.3) is 0 Å². The summed E-state index contributed by atoms with van der Waals surface area (Å²) in [4.78, 5) is 2.26. The van der Waals surface area contributed by atoms with Gasteiger partial charge >= 0.3 is 0 Å². The third-order valence-corrected chi connectivity index (χ3v) is 3.21. The highest BCUT2D eigenvalue weighted by molar-refractivity contribution is 6.32. The van der Waals surface area contributed by atoms with E-state index in [4.69, 9.17) is 21.1 Å². The first-order valence-corrected chi connectivity index (χ1v) is 6.01. The zero-order chi connectivity index (χ0) is 12.3. The fraction of sp³-hybridized carbons (Fsp3) is 0.500. The quantitative estimate of drug-likeness (QED) is 0.926. The van der Waals surface area contributed by atoms with Crippen LogP contribution in [0, 0.1) is 0 Å². The number of methoxy groups -OCH3 is 2. The van der Waals surface area contributed by atoms with Crippen molar-refractivity contribution in [3.05, 3.63) is 17.2 Å². The van der Waals surface area contributed by atoms with Crippen LogP contribution in [0.15, 0.2) is 12.1 Å². The van der Waals surface area contributed by atoms with E-state index in [0.717, 1.165) is 37.6 Å². The molecule has 6 heteroatoms. The molecule has 1 aromatic carbocycles. The molecule has 18 heavy (non-hydrogen) atoms. The zero-order valence-corrected chi connectivity index (χ0v) is 12.1. The van der Waals surface area contributed by atoms with E-state index in [-0.39, 0.29) is 12.4 Å². The van der Waals surface area contributed by atoms with Gasteiger partial charge in [-0.15, -0.1) is 12.4 Å². The highest BCUT2D eigenvalue weighted by Crippen LogP contribution is 2.38. The number of hydrogen-bond donors (Lipinski definition) is 1. The van der Waals surface area contributed by atoms with E-state index in [1.165, 1.54) is 0 Å². The molecule has 0 aliphatic carbocycles. The SMILES string of the molecule is COc1cc(OC)c(N2CCNCC2)cc1Cl.Cl. The Kier molecular flexibility index (Phi) is 5.85. The largest absolute Gasteiger partial charge is 0.495 e. The minimum Gasteiger partial charge on any atom is -0.495 e. The van der Waals surface area contributed by atoms with E-state index in [0.29, 0.717) is 10.8 Å². The van der Waals surface area contributed by atoms with Crippen LogP contribution in [0.1, 0.15) is 0 Å². The monoisotopic (exact) mass is 292 g/mol. The Morgan fingerprint density at radius 3 is 2.28 bits per heavy atom. The molecule has 0 unspecified atom stereocenters. The molecule has 1 saturated heterocycles. The number of benzene rings is 1. The molecule has 4 nitrogen and oxygen atoms in total. The van der Waals surface area contributed by atoms with Gasteiger partial charge in [-0.05, 0) is 6.07 Å². The molecule has 0 aromatic heterocycles. The van der Waals surface area contributed by atoms with Crippen molar-refractivity contribution >= 4 is 29.7 Å². The molecule has 2 rings (SSSR count). The van der Waals surface area contributed by atoms with Crippen molar-refractivity contribution in [2.45, 2.75) is 0 Å². The van der Waals surface area contributed by atoms with Crippen molar-refractivity contribution in [3.63, 3.8) is 0 Å². The fourth-order valence-electron chi connectivity index (χ4n) is 2.00. The molecule has 1 aromatic rings. The van der Waals surface area contributed by atoms with Crippen LogP contribution in [0.25, 0.3) is 0 Å². The lowest BCUT2D eigenvalue weighted by atomic mass is 10.2. The fourth-order valence-corrected chi connectivity index (χ4v) is 2.23. The predicted molar refractivity (Wildman–Crippen MR) is 76.9 cm³/mol. The second-order valence-electron chi connectivity index (χ2n) is 3.90. The molecule has 0 atom stereocenters. The minimum atomic E-state index is 0. The topological polar surface area (TPSA) is 33.7 Å². The van der Waals surface area contributed by atoms with E-state index in [2.05, 4.69) is 10.2 Å². The molecule has 1 heterocycles. The third-order valence-electron chi connectivity index (χ3n) is 2.91. The van der Waals surface area contributed by atoms with Crippen LogP contribution in [0.2, 0.25) is 5.02 Å². The molecule has 0 radical (unpaired) electrons. The summed E-state index contributed by atoms with van der Waals surface area (Å²) in [6.07, 6.45) is 0. The van der Waals surface area contributed by atoms with Crippen LogP contribution in [-0.4, -0.2) is 40.4 Å². The number of piperazine rings is 1. The second kappa shape index (κ2) is 6.92. The molecule has 0 bridgehead atoms. The summed E-state index contributed by atoms with van der Waals surface area (Å²) in [6.45, 7) is 3.87. The molecule has 1 aliphatic heterocycles. The summed E-state index contributed by atoms with van der Waals surface area (Å²) in [6, 6.07) is 3.74. The summed E-state index contributed by atoms with van der Waals surface area (Å²) in [5.74, 6) is 1.44. The Labute approximate surface area is 119 Å². The van der Waals surface area contributed by atoms with Crippen molar-refractivity contribution < 1.29 is 9.47 Å². The van der Waals surface area contributed by atoms with E-state index in [1.807, 2.05) is 12.1 Å². The number of rotatable bonds is 3. The van der Waals surface area contributed by atoms with Gasteiger partial charge in [0.1, 0.15) is 11.5 Å². The zero-order valence-electron chi connectivity index (χ0n) is 10.5. The van der Waals surface area contributed by atoms with Crippen molar-refractivity contribution in [2.24, 2.45) is 0 Å². The van der Waals surface area contributed by atoms with Crippen LogP contribution in [0.3, 0.4) is 0 Å². The Morgan fingerprint density at radius 2 is 1.72 bits per heavy atom. The van der Waals surface area contributed by atoms with Gasteiger partial charge in [-0.3, -0.25) is 0 Å². The molecule has 0 amide bonds. The van der Waals surface area contributed by atoms with E-state index in [9.17, 15) is 0 Å². The summed E-state index contributed by atoms with van der Waals surface area (Å²) < 4.78 is 10.6.